The highest BCUT2D eigenvalue weighted by Gasteiger charge is 2.21. The highest BCUT2D eigenvalue weighted by molar-refractivity contribution is 5.94. The molecule has 0 aliphatic carbocycles. The summed E-state index contributed by atoms with van der Waals surface area (Å²) in [6.45, 7) is 5.86. The molecule has 1 aromatic rings. The molecule has 1 aliphatic heterocycles. The smallest absolute Gasteiger partial charge is 0.268 e. The molecule has 112 valence electrons. The Morgan fingerprint density at radius 2 is 2.40 bits per heavy atom. The second-order valence-electron chi connectivity index (χ2n) is 5.77. The summed E-state index contributed by atoms with van der Waals surface area (Å²) in [5, 5.41) is 0. The summed E-state index contributed by atoms with van der Waals surface area (Å²) in [5.41, 5.74) is 2.64. The van der Waals surface area contributed by atoms with E-state index < -0.39 is 0 Å². The Hall–Kier alpha value is -1.37. The molecule has 0 saturated carbocycles. The number of hydrazine groups is 1. The van der Waals surface area contributed by atoms with Crippen LogP contribution < -0.4 is 11.3 Å². The first-order chi connectivity index (χ1) is 9.49. The van der Waals surface area contributed by atoms with E-state index in [2.05, 4.69) is 29.3 Å². The van der Waals surface area contributed by atoms with Crippen molar-refractivity contribution in [2.45, 2.75) is 19.9 Å². The Bertz CT molecular complexity index is 472. The third-order valence-corrected chi connectivity index (χ3v) is 3.83. The summed E-state index contributed by atoms with van der Waals surface area (Å²) >= 11 is 0. The average Bonchev–Trinajstić information content (AvgIpc) is 2.94. The summed E-state index contributed by atoms with van der Waals surface area (Å²) < 4.78 is 5.63. The zero-order valence-electron chi connectivity index (χ0n) is 12.5. The van der Waals surface area contributed by atoms with Gasteiger partial charge in [0.15, 0.2) is 0 Å². The van der Waals surface area contributed by atoms with Crippen molar-refractivity contribution in [2.75, 3.05) is 33.7 Å². The SMILES string of the molecule is Cc1oc(CN(C)CC2CCN(C)C2)cc1C(=O)NN. The summed E-state index contributed by atoms with van der Waals surface area (Å²) in [7, 11) is 4.24. The quantitative estimate of drug-likeness (QED) is 0.469. The molecule has 2 rings (SSSR count). The van der Waals surface area contributed by atoms with Crippen molar-refractivity contribution in [3.8, 4) is 0 Å². The maximum Gasteiger partial charge on any atom is 0.268 e. The molecule has 1 aliphatic rings. The number of nitrogens with two attached hydrogens (primary N) is 1. The Balaban J connectivity index is 1.91. The number of aryl methyl sites for hydroxylation is 1. The van der Waals surface area contributed by atoms with E-state index in [1.54, 1.807) is 13.0 Å². The lowest BCUT2D eigenvalue weighted by molar-refractivity contribution is 0.0952. The van der Waals surface area contributed by atoms with E-state index >= 15 is 0 Å². The van der Waals surface area contributed by atoms with Gasteiger partial charge in [-0.05, 0) is 46.0 Å². The predicted octanol–water partition coefficient (Wildman–Crippen LogP) is 0.575. The molecule has 1 atom stereocenters. The van der Waals surface area contributed by atoms with Gasteiger partial charge in [-0.25, -0.2) is 5.84 Å². The van der Waals surface area contributed by atoms with E-state index in [4.69, 9.17) is 10.3 Å². The van der Waals surface area contributed by atoms with Gasteiger partial charge in [0.25, 0.3) is 5.91 Å². The van der Waals surface area contributed by atoms with Crippen LogP contribution in [-0.2, 0) is 6.54 Å². The molecule has 20 heavy (non-hydrogen) atoms. The van der Waals surface area contributed by atoms with E-state index in [9.17, 15) is 4.79 Å². The maximum atomic E-state index is 11.5. The van der Waals surface area contributed by atoms with Gasteiger partial charge in [-0.15, -0.1) is 0 Å². The molecule has 0 bridgehead atoms. The van der Waals surface area contributed by atoms with Crippen molar-refractivity contribution in [1.29, 1.82) is 0 Å². The second-order valence-corrected chi connectivity index (χ2v) is 5.77. The first kappa shape index (κ1) is 15.0. The van der Waals surface area contributed by atoms with Crippen LogP contribution in [0.2, 0.25) is 0 Å². The van der Waals surface area contributed by atoms with Crippen molar-refractivity contribution >= 4 is 5.91 Å². The van der Waals surface area contributed by atoms with Crippen LogP contribution in [0.3, 0.4) is 0 Å². The third kappa shape index (κ3) is 3.59. The van der Waals surface area contributed by atoms with Crippen molar-refractivity contribution in [3.05, 3.63) is 23.2 Å². The molecule has 0 spiro atoms. The lowest BCUT2D eigenvalue weighted by atomic mass is 10.1. The number of carbonyl (C=O) groups is 1. The zero-order valence-corrected chi connectivity index (χ0v) is 12.5. The van der Waals surface area contributed by atoms with Gasteiger partial charge in [0, 0.05) is 13.1 Å². The number of rotatable bonds is 5. The first-order valence-electron chi connectivity index (χ1n) is 6.97. The minimum absolute atomic E-state index is 0.308. The van der Waals surface area contributed by atoms with Gasteiger partial charge in [0.1, 0.15) is 11.5 Å². The van der Waals surface area contributed by atoms with E-state index in [1.807, 2.05) is 0 Å². The molecule has 1 amide bonds. The highest BCUT2D eigenvalue weighted by atomic mass is 16.3. The topological polar surface area (TPSA) is 74.7 Å². The third-order valence-electron chi connectivity index (χ3n) is 3.83. The van der Waals surface area contributed by atoms with Crippen molar-refractivity contribution in [2.24, 2.45) is 11.8 Å². The van der Waals surface area contributed by atoms with Gasteiger partial charge >= 0.3 is 0 Å². The molecule has 1 unspecified atom stereocenters. The number of hydrogen-bond acceptors (Lipinski definition) is 5. The number of nitrogen functional groups attached to an aromatic ring is 1. The van der Waals surface area contributed by atoms with Gasteiger partial charge in [0.05, 0.1) is 12.1 Å². The van der Waals surface area contributed by atoms with Gasteiger partial charge < -0.3 is 9.32 Å². The molecule has 0 aromatic carbocycles. The molecule has 3 N–H and O–H groups in total. The predicted molar refractivity (Wildman–Crippen MR) is 77.0 cm³/mol. The molecule has 6 nitrogen and oxygen atoms in total. The minimum atomic E-state index is -0.308. The number of furan rings is 1. The molecular weight excluding hydrogens is 256 g/mol. The van der Waals surface area contributed by atoms with E-state index in [1.165, 1.54) is 13.0 Å². The van der Waals surface area contributed by atoms with E-state index in [0.29, 0.717) is 23.8 Å². The fourth-order valence-electron chi connectivity index (χ4n) is 2.87. The fourth-order valence-corrected chi connectivity index (χ4v) is 2.87. The normalized spacial score (nSPS) is 19.8. The average molecular weight is 280 g/mol. The van der Waals surface area contributed by atoms with Gasteiger partial charge in [-0.1, -0.05) is 0 Å². The standard InChI is InChI=1S/C14H24N4O2/c1-10-13(14(19)16-15)6-12(20-10)9-18(3)8-11-4-5-17(2)7-11/h6,11H,4-5,7-9,15H2,1-3H3,(H,16,19). The zero-order chi connectivity index (χ0) is 14.7. The number of nitrogens with one attached hydrogen (secondary N) is 1. The van der Waals surface area contributed by atoms with Crippen LogP contribution in [0.5, 0.6) is 0 Å². The Labute approximate surface area is 119 Å². The maximum absolute atomic E-state index is 11.5. The number of likely N-dealkylation sites (tertiary alicyclic amines) is 1. The first-order valence-corrected chi connectivity index (χ1v) is 6.97. The Kier molecular flexibility index (Phi) is 4.80. The van der Waals surface area contributed by atoms with E-state index in [-0.39, 0.29) is 5.91 Å². The summed E-state index contributed by atoms with van der Waals surface area (Å²) in [6, 6.07) is 1.77. The Morgan fingerprint density at radius 3 is 3.00 bits per heavy atom. The molecule has 1 fully saturated rings. The second kappa shape index (κ2) is 6.39. The summed E-state index contributed by atoms with van der Waals surface area (Å²) in [6.07, 6.45) is 1.25. The minimum Gasteiger partial charge on any atom is -0.464 e. The van der Waals surface area contributed by atoms with Crippen LogP contribution in [0.15, 0.2) is 10.5 Å². The van der Waals surface area contributed by atoms with Gasteiger partial charge in [-0.2, -0.15) is 0 Å². The summed E-state index contributed by atoms with van der Waals surface area (Å²) in [4.78, 5) is 16.1. The van der Waals surface area contributed by atoms with Crippen LogP contribution in [0.25, 0.3) is 0 Å². The molecule has 1 saturated heterocycles. The lowest BCUT2D eigenvalue weighted by Gasteiger charge is -2.19. The number of hydrogen-bond donors (Lipinski definition) is 2. The van der Waals surface area contributed by atoms with Crippen molar-refractivity contribution in [1.82, 2.24) is 15.2 Å². The lowest BCUT2D eigenvalue weighted by Crippen LogP contribution is -2.30. The number of carbonyl (C=O) groups excluding carboxylic acids is 1. The van der Waals surface area contributed by atoms with Crippen LogP contribution in [0, 0.1) is 12.8 Å². The molecular formula is C14H24N4O2. The molecule has 1 aromatic heterocycles. The van der Waals surface area contributed by atoms with Crippen LogP contribution in [0.1, 0.15) is 28.3 Å². The Morgan fingerprint density at radius 1 is 1.65 bits per heavy atom. The van der Waals surface area contributed by atoms with E-state index in [0.717, 1.165) is 18.8 Å². The van der Waals surface area contributed by atoms with Gasteiger partial charge in [0.2, 0.25) is 0 Å². The number of nitrogens with zero attached hydrogens (tertiary/aromatic N) is 2. The fraction of sp³-hybridized carbons (Fsp3) is 0.643. The highest BCUT2D eigenvalue weighted by Crippen LogP contribution is 2.19. The van der Waals surface area contributed by atoms with Crippen LogP contribution in [0.4, 0.5) is 0 Å². The largest absolute Gasteiger partial charge is 0.464 e. The van der Waals surface area contributed by atoms with Crippen molar-refractivity contribution in [3.63, 3.8) is 0 Å². The summed E-state index contributed by atoms with van der Waals surface area (Å²) in [5.74, 6) is 6.97. The molecule has 6 heteroatoms. The monoisotopic (exact) mass is 280 g/mol. The van der Waals surface area contributed by atoms with Crippen molar-refractivity contribution < 1.29 is 9.21 Å². The molecule has 2 heterocycles. The van der Waals surface area contributed by atoms with Gasteiger partial charge in [-0.3, -0.25) is 15.1 Å². The van der Waals surface area contributed by atoms with Crippen LogP contribution >= 0.6 is 0 Å². The van der Waals surface area contributed by atoms with Crippen LogP contribution in [-0.4, -0.2) is 49.4 Å². The molecule has 0 radical (unpaired) electrons. The number of amides is 1.